The molecule has 2 rings (SSSR count). The van der Waals surface area contributed by atoms with Crippen molar-refractivity contribution < 1.29 is 23.4 Å². The monoisotopic (exact) mass is 298 g/mol. The van der Waals surface area contributed by atoms with E-state index in [1.165, 1.54) is 13.2 Å². The van der Waals surface area contributed by atoms with Gasteiger partial charge in [-0.15, -0.1) is 0 Å². The van der Waals surface area contributed by atoms with E-state index in [9.17, 15) is 18.7 Å². The lowest BCUT2D eigenvalue weighted by molar-refractivity contribution is -0.144. The van der Waals surface area contributed by atoms with Crippen LogP contribution in [-0.2, 0) is 4.79 Å². The summed E-state index contributed by atoms with van der Waals surface area (Å²) in [5, 5.41) is 9.42. The SMILES string of the molecule is COc1c([C@@H]2CC(C)(C)CC[C@H]2C(=O)O)ccc(F)c1F. The lowest BCUT2D eigenvalue weighted by Gasteiger charge is -2.39. The molecule has 0 spiro atoms. The summed E-state index contributed by atoms with van der Waals surface area (Å²) < 4.78 is 32.2. The van der Waals surface area contributed by atoms with E-state index in [4.69, 9.17) is 4.74 Å². The number of benzene rings is 1. The molecule has 1 N–H and O–H groups in total. The molecule has 0 bridgehead atoms. The summed E-state index contributed by atoms with van der Waals surface area (Å²) in [6, 6.07) is 2.48. The minimum Gasteiger partial charge on any atom is -0.493 e. The van der Waals surface area contributed by atoms with Crippen molar-refractivity contribution in [3.8, 4) is 5.75 Å². The number of methoxy groups -OCH3 is 1. The Morgan fingerprint density at radius 2 is 2.05 bits per heavy atom. The zero-order valence-electron chi connectivity index (χ0n) is 12.5. The normalized spacial score (nSPS) is 24.6. The Morgan fingerprint density at radius 1 is 1.38 bits per heavy atom. The van der Waals surface area contributed by atoms with Crippen molar-refractivity contribution in [1.82, 2.24) is 0 Å². The summed E-state index contributed by atoms with van der Waals surface area (Å²) in [6.07, 6.45) is 1.92. The summed E-state index contributed by atoms with van der Waals surface area (Å²) in [7, 11) is 1.27. The van der Waals surface area contributed by atoms with E-state index in [2.05, 4.69) is 13.8 Å². The highest BCUT2D eigenvalue weighted by molar-refractivity contribution is 5.72. The third kappa shape index (κ3) is 3.01. The first-order valence-corrected chi connectivity index (χ1v) is 7.01. The molecule has 0 aliphatic heterocycles. The maximum atomic E-state index is 13.9. The topological polar surface area (TPSA) is 46.5 Å². The van der Waals surface area contributed by atoms with Crippen LogP contribution < -0.4 is 4.74 Å². The molecular weight excluding hydrogens is 278 g/mol. The van der Waals surface area contributed by atoms with Gasteiger partial charge in [0.1, 0.15) is 0 Å². The number of carboxylic acids is 1. The fourth-order valence-corrected chi connectivity index (χ4v) is 3.26. The molecule has 0 saturated heterocycles. The van der Waals surface area contributed by atoms with Crippen LogP contribution in [0.1, 0.15) is 44.6 Å². The Kier molecular flexibility index (Phi) is 4.21. The Hall–Kier alpha value is -1.65. The van der Waals surface area contributed by atoms with Gasteiger partial charge in [0.25, 0.3) is 0 Å². The number of aliphatic carboxylic acids is 1. The molecule has 5 heteroatoms. The number of halogens is 2. The van der Waals surface area contributed by atoms with Crippen LogP contribution in [0.5, 0.6) is 5.75 Å². The predicted octanol–water partition coefficient (Wildman–Crippen LogP) is 3.97. The molecule has 1 fully saturated rings. The van der Waals surface area contributed by atoms with E-state index in [-0.39, 0.29) is 17.1 Å². The molecule has 2 atom stereocenters. The Balaban J connectivity index is 2.50. The van der Waals surface area contributed by atoms with Crippen molar-refractivity contribution in [1.29, 1.82) is 0 Å². The highest BCUT2D eigenvalue weighted by atomic mass is 19.2. The predicted molar refractivity (Wildman–Crippen MR) is 74.4 cm³/mol. The molecule has 0 heterocycles. The van der Waals surface area contributed by atoms with Gasteiger partial charge in [-0.05, 0) is 30.7 Å². The van der Waals surface area contributed by atoms with Gasteiger partial charge in [0.15, 0.2) is 11.6 Å². The molecule has 21 heavy (non-hydrogen) atoms. The molecule has 3 nitrogen and oxygen atoms in total. The second-order valence-corrected chi connectivity index (χ2v) is 6.44. The van der Waals surface area contributed by atoms with Crippen molar-refractivity contribution in [2.24, 2.45) is 11.3 Å². The fourth-order valence-electron chi connectivity index (χ4n) is 3.26. The molecule has 116 valence electrons. The zero-order chi connectivity index (χ0) is 15.8. The smallest absolute Gasteiger partial charge is 0.307 e. The number of carbonyl (C=O) groups is 1. The number of rotatable bonds is 3. The van der Waals surface area contributed by atoms with Crippen molar-refractivity contribution in [2.75, 3.05) is 7.11 Å². The summed E-state index contributed by atoms with van der Waals surface area (Å²) in [4.78, 5) is 11.5. The average Bonchev–Trinajstić information content (AvgIpc) is 2.40. The summed E-state index contributed by atoms with van der Waals surface area (Å²) >= 11 is 0. The van der Waals surface area contributed by atoms with Gasteiger partial charge in [0.2, 0.25) is 5.82 Å². The Morgan fingerprint density at radius 3 is 2.62 bits per heavy atom. The molecule has 1 aromatic carbocycles. The third-order valence-electron chi connectivity index (χ3n) is 4.39. The standard InChI is InChI=1S/C16H20F2O3/c1-16(2)7-6-10(15(19)20)11(8-16)9-4-5-12(17)13(18)14(9)21-3/h4-5,10-11H,6-8H2,1-3H3,(H,19,20)/t10-,11+/m1/s1. The molecule has 1 saturated carbocycles. The zero-order valence-corrected chi connectivity index (χ0v) is 12.5. The van der Waals surface area contributed by atoms with Crippen molar-refractivity contribution >= 4 is 5.97 Å². The fraction of sp³-hybridized carbons (Fsp3) is 0.562. The maximum absolute atomic E-state index is 13.9. The van der Waals surface area contributed by atoms with Crippen molar-refractivity contribution in [3.63, 3.8) is 0 Å². The quantitative estimate of drug-likeness (QED) is 0.918. The van der Waals surface area contributed by atoms with Crippen LogP contribution in [0.3, 0.4) is 0 Å². The van der Waals surface area contributed by atoms with Crippen molar-refractivity contribution in [3.05, 3.63) is 29.3 Å². The lowest BCUT2D eigenvalue weighted by atomic mass is 9.65. The van der Waals surface area contributed by atoms with Crippen LogP contribution in [0.2, 0.25) is 0 Å². The third-order valence-corrected chi connectivity index (χ3v) is 4.39. The van der Waals surface area contributed by atoms with Crippen molar-refractivity contribution in [2.45, 2.75) is 39.0 Å². The lowest BCUT2D eigenvalue weighted by Crippen LogP contribution is -2.33. The molecule has 1 aromatic rings. The van der Waals surface area contributed by atoms with E-state index < -0.39 is 23.5 Å². The summed E-state index contributed by atoms with van der Waals surface area (Å²) in [5.41, 5.74) is 0.406. The first-order chi connectivity index (χ1) is 9.76. The van der Waals surface area contributed by atoms with Gasteiger partial charge < -0.3 is 9.84 Å². The molecule has 1 aliphatic carbocycles. The molecule has 1 aliphatic rings. The molecule has 0 radical (unpaired) electrons. The Bertz CT molecular complexity index is 555. The van der Waals surface area contributed by atoms with Crippen LogP contribution in [0.15, 0.2) is 12.1 Å². The van der Waals surface area contributed by atoms with Gasteiger partial charge in [-0.3, -0.25) is 4.79 Å². The van der Waals surface area contributed by atoms with Crippen LogP contribution in [0.25, 0.3) is 0 Å². The van der Waals surface area contributed by atoms with E-state index in [0.717, 1.165) is 12.5 Å². The number of carboxylic acid groups (broad SMARTS) is 1. The highest BCUT2D eigenvalue weighted by Crippen LogP contribution is 2.49. The minimum atomic E-state index is -1.05. The largest absolute Gasteiger partial charge is 0.493 e. The van der Waals surface area contributed by atoms with E-state index in [1.807, 2.05) is 0 Å². The van der Waals surface area contributed by atoms with E-state index >= 15 is 0 Å². The van der Waals surface area contributed by atoms with Gasteiger partial charge >= 0.3 is 5.97 Å². The molecular formula is C16H20F2O3. The van der Waals surface area contributed by atoms with Gasteiger partial charge in [-0.1, -0.05) is 19.9 Å². The number of hydrogen-bond donors (Lipinski definition) is 1. The van der Waals surface area contributed by atoms with E-state index in [1.54, 1.807) is 0 Å². The molecule has 0 aromatic heterocycles. The summed E-state index contributed by atoms with van der Waals surface area (Å²) in [6.45, 7) is 4.12. The number of hydrogen-bond acceptors (Lipinski definition) is 2. The van der Waals surface area contributed by atoms with Gasteiger partial charge in [-0.2, -0.15) is 4.39 Å². The number of ether oxygens (including phenoxy) is 1. The maximum Gasteiger partial charge on any atom is 0.307 e. The summed E-state index contributed by atoms with van der Waals surface area (Å²) in [5.74, 6) is -4.10. The van der Waals surface area contributed by atoms with Gasteiger partial charge in [-0.25, -0.2) is 4.39 Å². The average molecular weight is 298 g/mol. The molecule has 0 unspecified atom stereocenters. The highest BCUT2D eigenvalue weighted by Gasteiger charge is 2.41. The second kappa shape index (κ2) is 5.62. The van der Waals surface area contributed by atoms with E-state index in [0.29, 0.717) is 18.4 Å². The van der Waals surface area contributed by atoms with Crippen LogP contribution in [-0.4, -0.2) is 18.2 Å². The second-order valence-electron chi connectivity index (χ2n) is 6.44. The van der Waals surface area contributed by atoms with Crippen LogP contribution in [0, 0.1) is 23.0 Å². The minimum absolute atomic E-state index is 0.0352. The van der Waals surface area contributed by atoms with Crippen LogP contribution in [0.4, 0.5) is 8.78 Å². The Labute approximate surface area is 122 Å². The molecule has 0 amide bonds. The van der Waals surface area contributed by atoms with Gasteiger partial charge in [0.05, 0.1) is 13.0 Å². The first-order valence-electron chi connectivity index (χ1n) is 7.01. The van der Waals surface area contributed by atoms with Crippen LogP contribution >= 0.6 is 0 Å². The van der Waals surface area contributed by atoms with Gasteiger partial charge in [0, 0.05) is 11.5 Å². The first kappa shape index (κ1) is 15.7.